The second-order valence-corrected chi connectivity index (χ2v) is 6.70. The van der Waals surface area contributed by atoms with Crippen LogP contribution in [0.15, 0.2) is 65.7 Å². The van der Waals surface area contributed by atoms with E-state index in [0.29, 0.717) is 16.8 Å². The van der Waals surface area contributed by atoms with Gasteiger partial charge in [-0.2, -0.15) is 5.26 Å². The highest BCUT2D eigenvalue weighted by molar-refractivity contribution is 7.99. The monoisotopic (exact) mass is 360 g/mol. The number of aromatic nitrogens is 2. The number of hydrogen-bond acceptors (Lipinski definition) is 5. The van der Waals surface area contributed by atoms with E-state index in [1.165, 1.54) is 0 Å². The normalized spacial score (nSPS) is 10.2. The molecule has 1 heterocycles. The summed E-state index contributed by atoms with van der Waals surface area (Å²) < 4.78 is 0. The third-order valence-corrected chi connectivity index (χ3v) is 4.40. The van der Waals surface area contributed by atoms with Crippen LogP contribution in [0.5, 0.6) is 0 Å². The summed E-state index contributed by atoms with van der Waals surface area (Å²) in [6.45, 7) is 2.07. The van der Waals surface area contributed by atoms with Crippen LogP contribution in [0, 0.1) is 11.3 Å². The van der Waals surface area contributed by atoms with Crippen molar-refractivity contribution < 1.29 is 4.79 Å². The Balaban J connectivity index is 1.78. The summed E-state index contributed by atoms with van der Waals surface area (Å²) in [5, 5.41) is 21.1. The van der Waals surface area contributed by atoms with E-state index in [1.807, 2.05) is 42.5 Å². The lowest BCUT2D eigenvalue weighted by Gasteiger charge is -2.08. The van der Waals surface area contributed by atoms with E-state index in [2.05, 4.69) is 22.4 Å². The van der Waals surface area contributed by atoms with Gasteiger partial charge < -0.3 is 5.32 Å². The molecule has 0 bridgehead atoms. The Hall–Kier alpha value is -3.17. The number of hydrogen-bond donors (Lipinski definition) is 1. The molecule has 2 aromatic carbocycles. The van der Waals surface area contributed by atoms with Gasteiger partial charge in [0, 0.05) is 16.8 Å². The molecule has 128 valence electrons. The van der Waals surface area contributed by atoms with E-state index >= 15 is 0 Å². The SMILES string of the molecule is CCSc1ccc(-c2cccc(NC(=O)c3cccc(C#N)c3)c2)nn1. The molecule has 0 spiro atoms. The molecule has 0 aliphatic carbocycles. The lowest BCUT2D eigenvalue weighted by atomic mass is 10.1. The van der Waals surface area contributed by atoms with Crippen molar-refractivity contribution in [1.29, 1.82) is 5.26 Å². The first kappa shape index (κ1) is 17.6. The summed E-state index contributed by atoms with van der Waals surface area (Å²) in [6, 6.07) is 19.9. The molecule has 1 N–H and O–H groups in total. The molecule has 26 heavy (non-hydrogen) atoms. The van der Waals surface area contributed by atoms with Gasteiger partial charge in [-0.3, -0.25) is 4.79 Å². The summed E-state index contributed by atoms with van der Waals surface area (Å²) in [5.74, 6) is 0.683. The Kier molecular flexibility index (Phi) is 5.62. The molecule has 3 aromatic rings. The zero-order valence-corrected chi connectivity index (χ0v) is 15.0. The van der Waals surface area contributed by atoms with Gasteiger partial charge in [-0.1, -0.05) is 25.1 Å². The summed E-state index contributed by atoms with van der Waals surface area (Å²) >= 11 is 1.64. The topological polar surface area (TPSA) is 78.7 Å². The standard InChI is InChI=1S/C20H16N4OS/c1-2-26-19-10-9-18(23-24-19)15-6-4-8-17(12-15)22-20(25)16-7-3-5-14(11-16)13-21/h3-12H,2H2,1H3,(H,22,25). The molecule has 6 heteroatoms. The molecule has 1 amide bonds. The van der Waals surface area contributed by atoms with Gasteiger partial charge in [-0.05, 0) is 48.2 Å². The fourth-order valence-electron chi connectivity index (χ4n) is 2.39. The van der Waals surface area contributed by atoms with Crippen molar-refractivity contribution in [3.05, 3.63) is 71.8 Å². The van der Waals surface area contributed by atoms with Gasteiger partial charge in [0.1, 0.15) is 5.03 Å². The van der Waals surface area contributed by atoms with Crippen LogP contribution in [-0.4, -0.2) is 21.9 Å². The number of nitrogens with zero attached hydrogens (tertiary/aromatic N) is 3. The first-order chi connectivity index (χ1) is 12.7. The van der Waals surface area contributed by atoms with Gasteiger partial charge in [-0.25, -0.2) is 0 Å². The molecule has 0 radical (unpaired) electrons. The summed E-state index contributed by atoms with van der Waals surface area (Å²) in [7, 11) is 0. The summed E-state index contributed by atoms with van der Waals surface area (Å²) in [5.41, 5.74) is 3.16. The Morgan fingerprint density at radius 3 is 2.69 bits per heavy atom. The number of thioether (sulfide) groups is 1. The zero-order chi connectivity index (χ0) is 18.4. The Morgan fingerprint density at radius 1 is 1.12 bits per heavy atom. The molecule has 0 saturated heterocycles. The van der Waals surface area contributed by atoms with Crippen LogP contribution in [0.3, 0.4) is 0 Å². The molecule has 0 fully saturated rings. The van der Waals surface area contributed by atoms with Crippen molar-refractivity contribution in [3.8, 4) is 17.3 Å². The number of carbonyl (C=O) groups excluding carboxylic acids is 1. The number of anilines is 1. The Morgan fingerprint density at radius 2 is 1.96 bits per heavy atom. The number of nitriles is 1. The molecule has 5 nitrogen and oxygen atoms in total. The van der Waals surface area contributed by atoms with E-state index in [4.69, 9.17) is 5.26 Å². The van der Waals surface area contributed by atoms with E-state index < -0.39 is 0 Å². The minimum absolute atomic E-state index is 0.264. The van der Waals surface area contributed by atoms with Crippen molar-refractivity contribution in [1.82, 2.24) is 10.2 Å². The zero-order valence-electron chi connectivity index (χ0n) is 14.1. The van der Waals surface area contributed by atoms with Crippen LogP contribution in [0.2, 0.25) is 0 Å². The maximum Gasteiger partial charge on any atom is 0.255 e. The highest BCUT2D eigenvalue weighted by Crippen LogP contribution is 2.22. The van der Waals surface area contributed by atoms with Crippen molar-refractivity contribution >= 4 is 23.4 Å². The fraction of sp³-hybridized carbons (Fsp3) is 0.100. The average Bonchev–Trinajstić information content (AvgIpc) is 2.69. The second-order valence-electron chi connectivity index (χ2n) is 5.42. The van der Waals surface area contributed by atoms with Crippen LogP contribution in [-0.2, 0) is 0 Å². The van der Waals surface area contributed by atoms with E-state index in [0.717, 1.165) is 22.0 Å². The van der Waals surface area contributed by atoms with E-state index in [-0.39, 0.29) is 5.91 Å². The summed E-state index contributed by atoms with van der Waals surface area (Å²) in [4.78, 5) is 12.4. The van der Waals surface area contributed by atoms with Crippen LogP contribution in [0.4, 0.5) is 5.69 Å². The van der Waals surface area contributed by atoms with Crippen LogP contribution in [0.1, 0.15) is 22.8 Å². The van der Waals surface area contributed by atoms with E-state index in [1.54, 1.807) is 36.0 Å². The Bertz CT molecular complexity index is 964. The Labute approximate surface area is 156 Å². The molecule has 0 unspecified atom stereocenters. The third kappa shape index (κ3) is 4.26. The van der Waals surface area contributed by atoms with Gasteiger partial charge in [-0.15, -0.1) is 22.0 Å². The maximum atomic E-state index is 12.4. The van der Waals surface area contributed by atoms with Gasteiger partial charge in [0.05, 0.1) is 17.3 Å². The van der Waals surface area contributed by atoms with Crippen LogP contribution >= 0.6 is 11.8 Å². The predicted octanol–water partition coefficient (Wildman–Crippen LogP) is 4.38. The highest BCUT2D eigenvalue weighted by atomic mass is 32.2. The number of carbonyl (C=O) groups is 1. The molecule has 1 aromatic heterocycles. The molecule has 3 rings (SSSR count). The molecule has 0 aliphatic heterocycles. The van der Waals surface area contributed by atoms with Crippen LogP contribution in [0.25, 0.3) is 11.3 Å². The molecule has 0 atom stereocenters. The smallest absolute Gasteiger partial charge is 0.255 e. The molecule has 0 saturated carbocycles. The predicted molar refractivity (Wildman–Crippen MR) is 103 cm³/mol. The average molecular weight is 360 g/mol. The second kappa shape index (κ2) is 8.28. The van der Waals surface area contributed by atoms with Crippen molar-refractivity contribution in [3.63, 3.8) is 0 Å². The first-order valence-corrected chi connectivity index (χ1v) is 9.06. The number of benzene rings is 2. The summed E-state index contributed by atoms with van der Waals surface area (Å²) in [6.07, 6.45) is 0. The van der Waals surface area contributed by atoms with E-state index in [9.17, 15) is 4.79 Å². The quantitative estimate of drug-likeness (QED) is 0.683. The van der Waals surface area contributed by atoms with Gasteiger partial charge >= 0.3 is 0 Å². The van der Waals surface area contributed by atoms with Gasteiger partial charge in [0.15, 0.2) is 0 Å². The van der Waals surface area contributed by atoms with Gasteiger partial charge in [0.25, 0.3) is 5.91 Å². The number of nitrogens with one attached hydrogen (secondary N) is 1. The highest BCUT2D eigenvalue weighted by Gasteiger charge is 2.08. The van der Waals surface area contributed by atoms with Crippen molar-refractivity contribution in [2.75, 3.05) is 11.1 Å². The van der Waals surface area contributed by atoms with Crippen molar-refractivity contribution in [2.24, 2.45) is 0 Å². The minimum atomic E-state index is -0.264. The lowest BCUT2D eigenvalue weighted by Crippen LogP contribution is -2.12. The third-order valence-electron chi connectivity index (χ3n) is 3.60. The van der Waals surface area contributed by atoms with Gasteiger partial charge in [0.2, 0.25) is 0 Å². The van der Waals surface area contributed by atoms with Crippen LogP contribution < -0.4 is 5.32 Å². The number of rotatable bonds is 5. The lowest BCUT2D eigenvalue weighted by molar-refractivity contribution is 0.102. The number of amides is 1. The maximum absolute atomic E-state index is 12.4. The minimum Gasteiger partial charge on any atom is -0.322 e. The first-order valence-electron chi connectivity index (χ1n) is 8.08. The molecular formula is C20H16N4OS. The molecular weight excluding hydrogens is 344 g/mol. The van der Waals surface area contributed by atoms with Crippen molar-refractivity contribution in [2.45, 2.75) is 11.9 Å². The largest absolute Gasteiger partial charge is 0.322 e. The molecule has 0 aliphatic rings. The fourth-order valence-corrected chi connectivity index (χ4v) is 2.95.